The zero-order valence-electron chi connectivity index (χ0n) is 14.8. The predicted molar refractivity (Wildman–Crippen MR) is 95.9 cm³/mol. The van der Waals surface area contributed by atoms with Crippen molar-refractivity contribution in [2.75, 3.05) is 0 Å². The van der Waals surface area contributed by atoms with Crippen LogP contribution in [-0.2, 0) is 6.42 Å². The number of H-pyrrole nitrogens is 1. The van der Waals surface area contributed by atoms with Crippen molar-refractivity contribution in [2.24, 2.45) is 0 Å². The summed E-state index contributed by atoms with van der Waals surface area (Å²) in [6, 6.07) is 7.53. The van der Waals surface area contributed by atoms with Gasteiger partial charge in [0, 0.05) is 29.4 Å². The van der Waals surface area contributed by atoms with E-state index in [1.165, 1.54) is 0 Å². The number of carbonyl (C=O) groups is 1. The number of fused-ring (bicyclic) bond motifs is 1. The molecule has 2 heterocycles. The molecular weight excluding hydrogens is 302 g/mol. The van der Waals surface area contributed by atoms with E-state index in [2.05, 4.69) is 9.97 Å². The van der Waals surface area contributed by atoms with Gasteiger partial charge in [-0.25, -0.2) is 14.2 Å². The second kappa shape index (κ2) is 7.25. The first-order valence-electron chi connectivity index (χ1n) is 8.13. The summed E-state index contributed by atoms with van der Waals surface area (Å²) in [4.78, 5) is 30.7. The van der Waals surface area contributed by atoms with Crippen molar-refractivity contribution < 1.29 is 4.79 Å². The van der Waals surface area contributed by atoms with Crippen molar-refractivity contribution in [3.63, 3.8) is 0 Å². The van der Waals surface area contributed by atoms with E-state index >= 15 is 0 Å². The number of nitrogens with one attached hydrogen (secondary N) is 1. The molecule has 5 heteroatoms. The molecule has 24 heavy (non-hydrogen) atoms. The van der Waals surface area contributed by atoms with Gasteiger partial charge in [-0.15, -0.1) is 0 Å². The lowest BCUT2D eigenvalue weighted by atomic mass is 10.0. The number of aromatic amines is 1. The van der Waals surface area contributed by atoms with Gasteiger partial charge in [0.15, 0.2) is 5.78 Å². The highest BCUT2D eigenvalue weighted by atomic mass is 16.1. The molecule has 0 unspecified atom stereocenters. The Kier molecular flexibility index (Phi) is 5.34. The molecule has 0 aliphatic heterocycles. The minimum atomic E-state index is -0.186. The number of ketones is 1. The lowest BCUT2D eigenvalue weighted by Gasteiger charge is -2.05. The van der Waals surface area contributed by atoms with Gasteiger partial charge in [0.2, 0.25) is 0 Å². The number of rotatable bonds is 3. The van der Waals surface area contributed by atoms with Crippen molar-refractivity contribution in [1.82, 2.24) is 14.4 Å². The number of Topliss-reactive ketones (excluding diaryl/α,β-unsaturated/α-hetero) is 1. The highest BCUT2D eigenvalue weighted by Gasteiger charge is 2.12. The van der Waals surface area contributed by atoms with E-state index in [4.69, 9.17) is 0 Å². The van der Waals surface area contributed by atoms with Crippen molar-refractivity contribution in [3.05, 3.63) is 69.0 Å². The van der Waals surface area contributed by atoms with E-state index in [1.54, 1.807) is 23.6 Å². The Morgan fingerprint density at radius 2 is 1.96 bits per heavy atom. The second-order valence-electron chi connectivity index (χ2n) is 5.49. The normalized spacial score (nSPS) is 10.4. The highest BCUT2D eigenvalue weighted by molar-refractivity contribution is 5.94. The maximum atomic E-state index is 12.0. The third-order valence-corrected chi connectivity index (χ3v) is 3.93. The van der Waals surface area contributed by atoms with Crippen molar-refractivity contribution >= 4 is 11.4 Å². The zero-order valence-corrected chi connectivity index (χ0v) is 14.8. The summed E-state index contributed by atoms with van der Waals surface area (Å²) in [7, 11) is 0. The smallest absolute Gasteiger partial charge is 0.313 e. The molecule has 0 spiro atoms. The molecular formula is C19H23N3O2. The average Bonchev–Trinajstić information content (AvgIpc) is 2.89. The molecule has 1 aromatic carbocycles. The summed E-state index contributed by atoms with van der Waals surface area (Å²) < 4.78 is 1.60. The van der Waals surface area contributed by atoms with Crippen LogP contribution in [0, 0.1) is 13.8 Å². The van der Waals surface area contributed by atoms with Gasteiger partial charge < -0.3 is 4.98 Å². The topological polar surface area (TPSA) is 67.2 Å². The number of aryl methyl sites for hydroxylation is 2. The fourth-order valence-corrected chi connectivity index (χ4v) is 2.60. The minimum Gasteiger partial charge on any atom is -0.313 e. The van der Waals surface area contributed by atoms with Gasteiger partial charge in [-0.1, -0.05) is 32.0 Å². The minimum absolute atomic E-state index is 0.0426. The Morgan fingerprint density at radius 1 is 1.25 bits per heavy atom. The standard InChI is InChI=1S/C17H17N3O2.C2H6/c1-10-11(2)20-16(19-10)15(9-18-17(20)22)8-13-5-4-6-14(7-13)12(3)21;1-2/h4-7,9H,8H2,1-3H3,(H,18,22);1-2H3. The second-order valence-corrected chi connectivity index (χ2v) is 5.49. The van der Waals surface area contributed by atoms with E-state index < -0.39 is 0 Å². The summed E-state index contributed by atoms with van der Waals surface area (Å²) >= 11 is 0. The van der Waals surface area contributed by atoms with E-state index in [1.807, 2.05) is 45.9 Å². The van der Waals surface area contributed by atoms with Crippen LogP contribution >= 0.6 is 0 Å². The molecule has 0 atom stereocenters. The van der Waals surface area contributed by atoms with Gasteiger partial charge in [-0.2, -0.15) is 0 Å². The molecule has 1 N–H and O–H groups in total. The number of nitrogens with zero attached hydrogens (tertiary/aromatic N) is 2. The van der Waals surface area contributed by atoms with Crippen molar-refractivity contribution in [1.29, 1.82) is 0 Å². The third kappa shape index (κ3) is 3.30. The number of aromatic nitrogens is 3. The van der Waals surface area contributed by atoms with Gasteiger partial charge in [0.1, 0.15) is 5.65 Å². The molecule has 0 aliphatic carbocycles. The Hall–Kier alpha value is -2.69. The summed E-state index contributed by atoms with van der Waals surface area (Å²) in [6.45, 7) is 9.32. The molecule has 3 rings (SSSR count). The lowest BCUT2D eigenvalue weighted by molar-refractivity contribution is 0.101. The van der Waals surface area contributed by atoms with Crippen LogP contribution in [0.3, 0.4) is 0 Å². The number of benzene rings is 1. The molecule has 5 nitrogen and oxygen atoms in total. The van der Waals surface area contributed by atoms with E-state index in [-0.39, 0.29) is 11.5 Å². The van der Waals surface area contributed by atoms with Crippen LogP contribution in [0.15, 0.2) is 35.3 Å². The van der Waals surface area contributed by atoms with Gasteiger partial charge in [-0.3, -0.25) is 4.79 Å². The SMILES string of the molecule is CC.CC(=O)c1cccc(Cc2c[nH]c(=O)n3c(C)c(C)nc23)c1. The predicted octanol–water partition coefficient (Wildman–Crippen LogP) is 3.46. The first-order chi connectivity index (χ1) is 11.5. The Morgan fingerprint density at radius 3 is 2.62 bits per heavy atom. The molecule has 126 valence electrons. The number of imidazole rings is 1. The number of carbonyl (C=O) groups excluding carboxylic acids is 1. The van der Waals surface area contributed by atoms with Crippen LogP contribution in [0.1, 0.15) is 53.6 Å². The van der Waals surface area contributed by atoms with E-state index in [0.29, 0.717) is 17.6 Å². The van der Waals surface area contributed by atoms with E-state index in [0.717, 1.165) is 22.5 Å². The average molecular weight is 325 g/mol. The van der Waals surface area contributed by atoms with Gasteiger partial charge in [0.05, 0.1) is 5.69 Å². The van der Waals surface area contributed by atoms with Gasteiger partial charge in [-0.05, 0) is 32.4 Å². The maximum Gasteiger partial charge on any atom is 0.331 e. The third-order valence-electron chi connectivity index (χ3n) is 3.93. The Bertz CT molecular complexity index is 935. The fourth-order valence-electron chi connectivity index (χ4n) is 2.60. The maximum absolute atomic E-state index is 12.0. The van der Waals surface area contributed by atoms with E-state index in [9.17, 15) is 9.59 Å². The highest BCUT2D eigenvalue weighted by Crippen LogP contribution is 2.17. The molecule has 2 aromatic heterocycles. The molecule has 0 saturated heterocycles. The Balaban J connectivity index is 0.00000100. The van der Waals surface area contributed by atoms with Crippen LogP contribution in [0.2, 0.25) is 0 Å². The lowest BCUT2D eigenvalue weighted by Crippen LogP contribution is -2.18. The number of hydrogen-bond donors (Lipinski definition) is 1. The summed E-state index contributed by atoms with van der Waals surface area (Å²) in [5.74, 6) is 0.0426. The van der Waals surface area contributed by atoms with Crippen LogP contribution in [-0.4, -0.2) is 20.2 Å². The molecule has 0 aliphatic rings. The first kappa shape index (κ1) is 17.7. The van der Waals surface area contributed by atoms with Gasteiger partial charge >= 0.3 is 5.69 Å². The first-order valence-corrected chi connectivity index (χ1v) is 8.13. The molecule has 0 bridgehead atoms. The summed E-state index contributed by atoms with van der Waals surface area (Å²) in [5.41, 5.74) is 4.80. The molecule has 0 radical (unpaired) electrons. The van der Waals surface area contributed by atoms with Crippen molar-refractivity contribution in [3.8, 4) is 0 Å². The zero-order chi connectivity index (χ0) is 17.9. The van der Waals surface area contributed by atoms with Crippen molar-refractivity contribution in [2.45, 2.75) is 41.0 Å². The molecule has 0 saturated carbocycles. The van der Waals surface area contributed by atoms with Gasteiger partial charge in [0.25, 0.3) is 0 Å². The Labute approximate surface area is 141 Å². The van der Waals surface area contributed by atoms with Crippen LogP contribution in [0.5, 0.6) is 0 Å². The molecule has 0 amide bonds. The summed E-state index contributed by atoms with van der Waals surface area (Å²) in [6.07, 6.45) is 2.31. The summed E-state index contributed by atoms with van der Waals surface area (Å²) in [5, 5.41) is 0. The quantitative estimate of drug-likeness (QED) is 0.750. The fraction of sp³-hybridized carbons (Fsp3) is 0.316. The van der Waals surface area contributed by atoms with Crippen LogP contribution in [0.4, 0.5) is 0 Å². The molecule has 0 fully saturated rings. The monoisotopic (exact) mass is 325 g/mol. The molecule has 3 aromatic rings. The van der Waals surface area contributed by atoms with Crippen LogP contribution in [0.25, 0.3) is 5.65 Å². The van der Waals surface area contributed by atoms with Crippen LogP contribution < -0.4 is 5.69 Å². The number of hydrogen-bond acceptors (Lipinski definition) is 3. The largest absolute Gasteiger partial charge is 0.331 e.